The maximum Gasteiger partial charge on any atom is 0.147 e. The fourth-order valence-electron chi connectivity index (χ4n) is 2.70. The van der Waals surface area contributed by atoms with Gasteiger partial charge in [-0.05, 0) is 37.9 Å². The lowest BCUT2D eigenvalue weighted by Gasteiger charge is -2.36. The van der Waals surface area contributed by atoms with Crippen molar-refractivity contribution in [2.45, 2.75) is 52.5 Å². The van der Waals surface area contributed by atoms with E-state index in [-0.39, 0.29) is 0 Å². The normalized spacial score (nSPS) is 19.9. The van der Waals surface area contributed by atoms with Crippen LogP contribution in [0.15, 0.2) is 0 Å². The van der Waals surface area contributed by atoms with Crippen molar-refractivity contribution in [2.75, 3.05) is 5.75 Å². The van der Waals surface area contributed by atoms with Crippen LogP contribution in [-0.4, -0.2) is 20.5 Å². The Labute approximate surface area is 103 Å². The van der Waals surface area contributed by atoms with Crippen LogP contribution in [-0.2, 0) is 6.54 Å². The Morgan fingerprint density at radius 1 is 1.25 bits per heavy atom. The Bertz CT molecular complexity index is 353. The molecule has 0 atom stereocenters. The van der Waals surface area contributed by atoms with Crippen LogP contribution in [0.4, 0.5) is 0 Å². The number of rotatable bonds is 3. The van der Waals surface area contributed by atoms with Gasteiger partial charge in [0.2, 0.25) is 0 Å². The molecule has 1 heterocycles. The minimum Gasteiger partial charge on any atom is -0.250 e. The molecule has 0 radical (unpaired) electrons. The van der Waals surface area contributed by atoms with Crippen molar-refractivity contribution in [2.24, 2.45) is 5.41 Å². The minimum atomic E-state index is 0.353. The van der Waals surface area contributed by atoms with E-state index in [1.165, 1.54) is 32.1 Å². The third kappa shape index (κ3) is 2.42. The van der Waals surface area contributed by atoms with Crippen LogP contribution in [0.2, 0.25) is 0 Å². The molecular formula is C12H21N3S. The van der Waals surface area contributed by atoms with Crippen LogP contribution < -0.4 is 0 Å². The van der Waals surface area contributed by atoms with E-state index in [1.54, 1.807) is 0 Å². The van der Waals surface area contributed by atoms with Gasteiger partial charge in [0.15, 0.2) is 0 Å². The molecule has 0 aliphatic heterocycles. The third-order valence-electron chi connectivity index (χ3n) is 3.70. The summed E-state index contributed by atoms with van der Waals surface area (Å²) in [6.07, 6.45) is 6.63. The number of aromatic nitrogens is 3. The molecule has 1 saturated carbocycles. The highest BCUT2D eigenvalue weighted by Gasteiger charge is 2.31. The molecule has 0 spiro atoms. The zero-order chi connectivity index (χ0) is 11.6. The van der Waals surface area contributed by atoms with Gasteiger partial charge in [-0.2, -0.15) is 17.7 Å². The molecule has 3 nitrogen and oxygen atoms in total. The maximum atomic E-state index is 4.56. The number of hydrogen-bond donors (Lipinski definition) is 1. The molecule has 16 heavy (non-hydrogen) atoms. The average Bonchev–Trinajstić information content (AvgIpc) is 2.59. The van der Waals surface area contributed by atoms with Gasteiger partial charge in [-0.15, -0.1) is 0 Å². The van der Waals surface area contributed by atoms with Crippen molar-refractivity contribution in [1.29, 1.82) is 0 Å². The number of nitrogens with zero attached hydrogens (tertiary/aromatic N) is 3. The van der Waals surface area contributed by atoms with Crippen molar-refractivity contribution in [1.82, 2.24) is 14.8 Å². The molecule has 0 aromatic carbocycles. The Hall–Kier alpha value is -0.510. The predicted octanol–water partition coefficient (Wildman–Crippen LogP) is 2.78. The molecule has 0 amide bonds. The van der Waals surface area contributed by atoms with Crippen molar-refractivity contribution in [3.63, 3.8) is 0 Å². The molecule has 0 unspecified atom stereocenters. The first-order valence-electron chi connectivity index (χ1n) is 6.14. The van der Waals surface area contributed by atoms with E-state index in [4.69, 9.17) is 0 Å². The summed E-state index contributed by atoms with van der Waals surface area (Å²) in [7, 11) is 0. The standard InChI is InChI=1S/C12H21N3S/c1-10-13-11(2)15(14-10)8-12(9-16)6-4-3-5-7-12/h16H,3-9H2,1-2H3. The van der Waals surface area contributed by atoms with Gasteiger partial charge in [0.1, 0.15) is 11.6 Å². The van der Waals surface area contributed by atoms with Crippen LogP contribution >= 0.6 is 12.6 Å². The Kier molecular flexibility index (Phi) is 3.57. The Morgan fingerprint density at radius 2 is 1.94 bits per heavy atom. The van der Waals surface area contributed by atoms with Gasteiger partial charge in [-0.3, -0.25) is 0 Å². The van der Waals surface area contributed by atoms with Crippen molar-refractivity contribution >= 4 is 12.6 Å². The second-order valence-corrected chi connectivity index (χ2v) is 5.40. The van der Waals surface area contributed by atoms with Gasteiger partial charge < -0.3 is 0 Å². The van der Waals surface area contributed by atoms with Crippen molar-refractivity contribution < 1.29 is 0 Å². The first kappa shape index (κ1) is 12.0. The fourth-order valence-corrected chi connectivity index (χ4v) is 3.11. The topological polar surface area (TPSA) is 30.7 Å². The van der Waals surface area contributed by atoms with Crippen molar-refractivity contribution in [3.05, 3.63) is 11.6 Å². The van der Waals surface area contributed by atoms with E-state index >= 15 is 0 Å². The summed E-state index contributed by atoms with van der Waals surface area (Å²) in [6.45, 7) is 4.98. The predicted molar refractivity (Wildman–Crippen MR) is 68.9 cm³/mol. The molecule has 0 bridgehead atoms. The molecule has 1 aliphatic rings. The molecule has 2 rings (SSSR count). The van der Waals surface area contributed by atoms with Crippen molar-refractivity contribution in [3.8, 4) is 0 Å². The summed E-state index contributed by atoms with van der Waals surface area (Å²) >= 11 is 4.56. The molecule has 0 N–H and O–H groups in total. The first-order valence-corrected chi connectivity index (χ1v) is 6.77. The molecule has 1 fully saturated rings. The highest BCUT2D eigenvalue weighted by molar-refractivity contribution is 7.80. The minimum absolute atomic E-state index is 0.353. The molecular weight excluding hydrogens is 218 g/mol. The SMILES string of the molecule is Cc1nc(C)n(CC2(CS)CCCCC2)n1. The lowest BCUT2D eigenvalue weighted by Crippen LogP contribution is -2.32. The van der Waals surface area contributed by atoms with Crippen LogP contribution in [0.3, 0.4) is 0 Å². The summed E-state index contributed by atoms with van der Waals surface area (Å²) < 4.78 is 2.07. The smallest absolute Gasteiger partial charge is 0.147 e. The first-order chi connectivity index (χ1) is 7.65. The summed E-state index contributed by atoms with van der Waals surface area (Å²) in [5.41, 5.74) is 0.353. The Morgan fingerprint density at radius 3 is 2.44 bits per heavy atom. The van der Waals surface area contributed by atoms with Gasteiger partial charge >= 0.3 is 0 Å². The zero-order valence-corrected chi connectivity index (χ0v) is 11.1. The monoisotopic (exact) mass is 239 g/mol. The highest BCUT2D eigenvalue weighted by Crippen LogP contribution is 2.38. The van der Waals surface area contributed by atoms with Crippen LogP contribution in [0.1, 0.15) is 43.8 Å². The highest BCUT2D eigenvalue weighted by atomic mass is 32.1. The number of thiol groups is 1. The second-order valence-electron chi connectivity index (χ2n) is 5.08. The van der Waals surface area contributed by atoms with Crippen LogP contribution in [0, 0.1) is 19.3 Å². The molecule has 90 valence electrons. The molecule has 0 saturated heterocycles. The summed E-state index contributed by atoms with van der Waals surface area (Å²) in [5, 5.41) is 4.47. The van der Waals surface area contributed by atoms with E-state index < -0.39 is 0 Å². The van der Waals surface area contributed by atoms with Gasteiger partial charge in [0.25, 0.3) is 0 Å². The lowest BCUT2D eigenvalue weighted by molar-refractivity contribution is 0.180. The zero-order valence-electron chi connectivity index (χ0n) is 10.2. The molecule has 1 aromatic rings. The number of aryl methyl sites for hydroxylation is 2. The van der Waals surface area contributed by atoms with Gasteiger partial charge in [-0.25, -0.2) is 9.67 Å². The van der Waals surface area contributed by atoms with E-state index in [0.29, 0.717) is 5.41 Å². The van der Waals surface area contributed by atoms with E-state index in [2.05, 4.69) is 27.4 Å². The fraction of sp³-hybridized carbons (Fsp3) is 0.833. The van der Waals surface area contributed by atoms with Gasteiger partial charge in [0, 0.05) is 6.54 Å². The summed E-state index contributed by atoms with van der Waals surface area (Å²) in [6, 6.07) is 0. The lowest BCUT2D eigenvalue weighted by atomic mass is 9.75. The molecule has 1 aromatic heterocycles. The van der Waals surface area contributed by atoms with Crippen LogP contribution in [0.5, 0.6) is 0 Å². The van der Waals surface area contributed by atoms with Crippen LogP contribution in [0.25, 0.3) is 0 Å². The Balaban J connectivity index is 2.14. The average molecular weight is 239 g/mol. The quantitative estimate of drug-likeness (QED) is 0.822. The summed E-state index contributed by atoms with van der Waals surface area (Å²) in [5.74, 6) is 2.87. The summed E-state index contributed by atoms with van der Waals surface area (Å²) in [4.78, 5) is 4.37. The van der Waals surface area contributed by atoms with E-state index in [0.717, 1.165) is 23.9 Å². The molecule has 1 aliphatic carbocycles. The largest absolute Gasteiger partial charge is 0.250 e. The second kappa shape index (κ2) is 4.78. The third-order valence-corrected chi connectivity index (χ3v) is 4.37. The van der Waals surface area contributed by atoms with E-state index in [9.17, 15) is 0 Å². The van der Waals surface area contributed by atoms with E-state index in [1.807, 2.05) is 13.8 Å². The van der Waals surface area contributed by atoms with Gasteiger partial charge in [0.05, 0.1) is 0 Å². The van der Waals surface area contributed by atoms with Gasteiger partial charge in [-0.1, -0.05) is 19.3 Å². The maximum absolute atomic E-state index is 4.56. The molecule has 4 heteroatoms. The number of hydrogen-bond acceptors (Lipinski definition) is 3.